The number of carbonyl (C=O) groups is 2. The largest absolute Gasteiger partial charge is 0.497 e. The maximum Gasteiger partial charge on any atom is 0.245 e. The summed E-state index contributed by atoms with van der Waals surface area (Å²) in [6, 6.07) is 10.7. The second-order valence-corrected chi connectivity index (χ2v) is 7.92. The van der Waals surface area contributed by atoms with Gasteiger partial charge in [0, 0.05) is 6.54 Å². The van der Waals surface area contributed by atoms with Crippen LogP contribution in [-0.2, 0) is 22.6 Å². The van der Waals surface area contributed by atoms with Gasteiger partial charge in [-0.2, -0.15) is 0 Å². The van der Waals surface area contributed by atoms with Crippen molar-refractivity contribution < 1.29 is 23.5 Å². The Morgan fingerprint density at radius 3 is 2.52 bits per heavy atom. The third kappa shape index (κ3) is 8.44. The Morgan fingerprint density at radius 2 is 1.85 bits per heavy atom. The number of methoxy groups -OCH3 is 2. The molecule has 2 aromatic carbocycles. The summed E-state index contributed by atoms with van der Waals surface area (Å²) in [4.78, 5) is 29.3. The molecule has 0 saturated carbocycles. The van der Waals surface area contributed by atoms with Crippen molar-refractivity contribution in [3.05, 3.63) is 59.4 Å². The molecule has 8 nitrogen and oxygen atoms in total. The van der Waals surface area contributed by atoms with Gasteiger partial charge >= 0.3 is 0 Å². The van der Waals surface area contributed by atoms with Crippen molar-refractivity contribution >= 4 is 17.8 Å². The van der Waals surface area contributed by atoms with Gasteiger partial charge in [-0.15, -0.1) is 0 Å². The first-order chi connectivity index (χ1) is 15.7. The fraction of sp³-hybridized carbons (Fsp3) is 0.375. The summed E-state index contributed by atoms with van der Waals surface area (Å²) < 4.78 is 23.7. The zero-order valence-electron chi connectivity index (χ0n) is 19.4. The topological polar surface area (TPSA) is 115 Å². The Labute approximate surface area is 193 Å². The first-order valence-electron chi connectivity index (χ1n) is 10.6. The summed E-state index contributed by atoms with van der Waals surface area (Å²) >= 11 is 0. The number of nitrogens with zero attached hydrogens (tertiary/aromatic N) is 1. The van der Waals surface area contributed by atoms with Gasteiger partial charge in [-0.25, -0.2) is 9.38 Å². The maximum atomic E-state index is 13.6. The minimum Gasteiger partial charge on any atom is -0.497 e. The van der Waals surface area contributed by atoms with E-state index in [-0.39, 0.29) is 42.4 Å². The monoisotopic (exact) mass is 458 g/mol. The highest BCUT2D eigenvalue weighted by Crippen LogP contribution is 2.18. The van der Waals surface area contributed by atoms with Crippen LogP contribution in [0.25, 0.3) is 0 Å². The summed E-state index contributed by atoms with van der Waals surface area (Å²) in [7, 11) is 2.93. The van der Waals surface area contributed by atoms with Crippen molar-refractivity contribution in [3.8, 4) is 11.5 Å². The van der Waals surface area contributed by atoms with E-state index >= 15 is 0 Å². The van der Waals surface area contributed by atoms with Crippen LogP contribution in [0, 0.1) is 11.7 Å². The third-order valence-electron chi connectivity index (χ3n) is 4.74. The molecule has 1 unspecified atom stereocenters. The van der Waals surface area contributed by atoms with Crippen molar-refractivity contribution in [2.75, 3.05) is 14.2 Å². The molecule has 0 aliphatic heterocycles. The smallest absolute Gasteiger partial charge is 0.245 e. The molecule has 4 N–H and O–H groups in total. The van der Waals surface area contributed by atoms with Crippen LogP contribution in [0.4, 0.5) is 4.39 Å². The molecule has 0 fully saturated rings. The van der Waals surface area contributed by atoms with Gasteiger partial charge in [-0.05, 0) is 47.7 Å². The average Bonchev–Trinajstić information content (AvgIpc) is 2.77. The molecule has 0 bridgehead atoms. The molecular weight excluding hydrogens is 427 g/mol. The van der Waals surface area contributed by atoms with Crippen LogP contribution < -0.4 is 25.8 Å². The first-order valence-corrected chi connectivity index (χ1v) is 10.6. The fourth-order valence-corrected chi connectivity index (χ4v) is 3.14. The summed E-state index contributed by atoms with van der Waals surface area (Å²) in [5.74, 6) is -0.408. The third-order valence-corrected chi connectivity index (χ3v) is 4.74. The number of benzene rings is 2. The molecule has 2 amide bonds. The van der Waals surface area contributed by atoms with Gasteiger partial charge in [0.2, 0.25) is 11.8 Å². The molecule has 33 heavy (non-hydrogen) atoms. The van der Waals surface area contributed by atoms with E-state index in [9.17, 15) is 14.0 Å². The Bertz CT molecular complexity index is 994. The lowest BCUT2D eigenvalue weighted by atomic mass is 10.0. The number of halogens is 1. The van der Waals surface area contributed by atoms with Gasteiger partial charge in [0.05, 0.1) is 20.6 Å². The highest BCUT2D eigenvalue weighted by Gasteiger charge is 2.20. The lowest BCUT2D eigenvalue weighted by molar-refractivity contribution is -0.123. The number of hydrogen-bond acceptors (Lipinski definition) is 5. The van der Waals surface area contributed by atoms with Gasteiger partial charge in [-0.1, -0.05) is 32.0 Å². The van der Waals surface area contributed by atoms with Crippen LogP contribution >= 0.6 is 0 Å². The van der Waals surface area contributed by atoms with Crippen molar-refractivity contribution in [2.24, 2.45) is 16.6 Å². The van der Waals surface area contributed by atoms with E-state index < -0.39 is 11.9 Å². The molecule has 0 aliphatic carbocycles. The molecule has 0 aliphatic rings. The molecule has 0 heterocycles. The van der Waals surface area contributed by atoms with E-state index in [4.69, 9.17) is 15.2 Å². The number of ether oxygens (including phenoxy) is 2. The van der Waals surface area contributed by atoms with Crippen LogP contribution in [0.5, 0.6) is 11.5 Å². The van der Waals surface area contributed by atoms with Crippen LogP contribution in [-0.4, -0.2) is 38.0 Å². The Balaban J connectivity index is 2.01. The second-order valence-electron chi connectivity index (χ2n) is 7.92. The minimum absolute atomic E-state index is 0.0842. The zero-order valence-corrected chi connectivity index (χ0v) is 19.4. The second kappa shape index (κ2) is 12.4. The average molecular weight is 459 g/mol. The molecule has 1 atom stereocenters. The van der Waals surface area contributed by atoms with Crippen LogP contribution in [0.3, 0.4) is 0 Å². The van der Waals surface area contributed by atoms with Crippen molar-refractivity contribution in [1.82, 2.24) is 10.6 Å². The zero-order chi connectivity index (χ0) is 24.4. The number of hydrogen-bond donors (Lipinski definition) is 3. The molecule has 9 heteroatoms. The van der Waals surface area contributed by atoms with Gasteiger partial charge in [0.15, 0.2) is 17.5 Å². The number of guanidine groups is 1. The normalized spacial score (nSPS) is 12.2. The van der Waals surface area contributed by atoms with Crippen LogP contribution in [0.1, 0.15) is 31.4 Å². The number of amides is 2. The van der Waals surface area contributed by atoms with Gasteiger partial charge in [0.1, 0.15) is 11.8 Å². The molecular formula is C24H31FN4O4. The Morgan fingerprint density at radius 1 is 1.09 bits per heavy atom. The quantitative estimate of drug-likeness (QED) is 0.374. The molecule has 0 aromatic heterocycles. The van der Waals surface area contributed by atoms with E-state index in [2.05, 4.69) is 15.6 Å². The summed E-state index contributed by atoms with van der Waals surface area (Å²) in [5.41, 5.74) is 7.35. The molecule has 0 spiro atoms. The SMILES string of the molecule is COc1cccc(CC(=O)NC(N)=NC(CC(C)C)C(=O)NCc2ccc(F)c(OC)c2)c1. The summed E-state index contributed by atoms with van der Waals surface area (Å²) in [5, 5.41) is 5.31. The fourth-order valence-electron chi connectivity index (χ4n) is 3.14. The highest BCUT2D eigenvalue weighted by molar-refractivity contribution is 5.98. The molecule has 0 radical (unpaired) electrons. The van der Waals surface area contributed by atoms with E-state index in [0.29, 0.717) is 17.7 Å². The maximum absolute atomic E-state index is 13.6. The van der Waals surface area contributed by atoms with E-state index in [1.54, 1.807) is 37.4 Å². The first kappa shape index (κ1) is 25.6. The lowest BCUT2D eigenvalue weighted by Crippen LogP contribution is -2.41. The van der Waals surface area contributed by atoms with Crippen molar-refractivity contribution in [3.63, 3.8) is 0 Å². The number of aliphatic imine (C=N–C) groups is 1. The number of rotatable bonds is 10. The van der Waals surface area contributed by atoms with Crippen LogP contribution in [0.2, 0.25) is 0 Å². The van der Waals surface area contributed by atoms with Crippen molar-refractivity contribution in [1.29, 1.82) is 0 Å². The number of nitrogens with one attached hydrogen (secondary N) is 2. The van der Waals surface area contributed by atoms with Gasteiger partial charge in [-0.3, -0.25) is 14.9 Å². The van der Waals surface area contributed by atoms with Crippen molar-refractivity contribution in [2.45, 2.75) is 39.3 Å². The van der Waals surface area contributed by atoms with Crippen LogP contribution in [0.15, 0.2) is 47.5 Å². The molecule has 2 aromatic rings. The standard InChI is InChI=1S/C24H31FN4O4/c1-15(2)10-20(23(31)27-14-17-8-9-19(25)21(12-17)33-4)28-24(26)29-22(30)13-16-6-5-7-18(11-16)32-3/h5-9,11-12,15,20H,10,13-14H2,1-4H3,(H,27,31)(H3,26,28,29,30). The predicted octanol–water partition coefficient (Wildman–Crippen LogP) is 2.55. The number of nitrogens with two attached hydrogens (primary N) is 1. The summed E-state index contributed by atoms with van der Waals surface area (Å²) in [6.07, 6.45) is 0.520. The summed E-state index contributed by atoms with van der Waals surface area (Å²) in [6.45, 7) is 4.08. The Kier molecular flexibility index (Phi) is 9.65. The number of carbonyl (C=O) groups excluding carboxylic acids is 2. The molecule has 178 valence electrons. The predicted molar refractivity (Wildman–Crippen MR) is 125 cm³/mol. The molecule has 2 rings (SSSR count). The Hall–Kier alpha value is -3.62. The minimum atomic E-state index is -0.788. The van der Waals surface area contributed by atoms with Gasteiger partial charge in [0.25, 0.3) is 0 Å². The lowest BCUT2D eigenvalue weighted by Gasteiger charge is -2.16. The van der Waals surface area contributed by atoms with E-state index in [0.717, 1.165) is 5.56 Å². The molecule has 0 saturated heterocycles. The highest BCUT2D eigenvalue weighted by atomic mass is 19.1. The van der Waals surface area contributed by atoms with Gasteiger partial charge < -0.3 is 20.5 Å². The van der Waals surface area contributed by atoms with E-state index in [1.165, 1.54) is 19.2 Å². The van der Waals surface area contributed by atoms with E-state index in [1.807, 2.05) is 13.8 Å².